The number of Topliss-reactive ketones (excluding diaryl/α,β-unsaturated/α-hetero) is 1. The molecule has 2 aromatic rings. The van der Waals surface area contributed by atoms with Crippen molar-refractivity contribution < 1.29 is 18.0 Å². The lowest BCUT2D eigenvalue weighted by Gasteiger charge is -2.30. The highest BCUT2D eigenvalue weighted by molar-refractivity contribution is 7.99. The zero-order valence-electron chi connectivity index (χ0n) is 17.6. The molecular formula is C23H28N2O4S2. The minimum Gasteiger partial charge on any atom is -0.356 e. The van der Waals surface area contributed by atoms with Crippen LogP contribution >= 0.6 is 11.8 Å². The van der Waals surface area contributed by atoms with Crippen molar-refractivity contribution in [2.75, 3.05) is 25.4 Å². The van der Waals surface area contributed by atoms with Crippen LogP contribution in [0, 0.1) is 5.92 Å². The molecule has 6 nitrogen and oxygen atoms in total. The van der Waals surface area contributed by atoms with Gasteiger partial charge in [0.2, 0.25) is 15.9 Å². The third-order valence-corrected chi connectivity index (χ3v) is 8.37. The molecular weight excluding hydrogens is 432 g/mol. The van der Waals surface area contributed by atoms with Gasteiger partial charge in [-0.05, 0) is 56.2 Å². The maximum absolute atomic E-state index is 12.8. The average molecular weight is 461 g/mol. The molecule has 0 spiro atoms. The molecule has 31 heavy (non-hydrogen) atoms. The Bertz CT molecular complexity index is 984. The van der Waals surface area contributed by atoms with Gasteiger partial charge in [-0.2, -0.15) is 4.31 Å². The molecule has 1 aliphatic heterocycles. The standard InChI is InChI=1S/C23H28N2O4S2/c1-18(26)19-8-10-22(11-9-19)31(28,29)25-15-12-20(13-16-25)23(27)24-14-5-17-30-21-6-3-2-4-7-21/h2-4,6-11,20H,5,12-17H2,1H3,(H,24,27). The van der Waals surface area contributed by atoms with Gasteiger partial charge in [0.1, 0.15) is 0 Å². The van der Waals surface area contributed by atoms with Gasteiger partial charge in [-0.15, -0.1) is 11.8 Å². The molecule has 0 saturated carbocycles. The number of amides is 1. The number of carbonyl (C=O) groups excluding carboxylic acids is 2. The molecule has 8 heteroatoms. The molecule has 0 unspecified atom stereocenters. The minimum absolute atomic E-state index is 0.00701. The number of rotatable bonds is 9. The van der Waals surface area contributed by atoms with Crippen molar-refractivity contribution >= 4 is 33.5 Å². The van der Waals surface area contributed by atoms with E-state index in [0.29, 0.717) is 38.0 Å². The summed E-state index contributed by atoms with van der Waals surface area (Å²) in [5.74, 6) is 0.680. The molecule has 1 N–H and O–H groups in total. The Kier molecular flexibility index (Phi) is 8.28. The summed E-state index contributed by atoms with van der Waals surface area (Å²) in [5.41, 5.74) is 0.483. The number of thioether (sulfide) groups is 1. The Balaban J connectivity index is 1.42. The number of nitrogens with zero attached hydrogens (tertiary/aromatic N) is 1. The van der Waals surface area contributed by atoms with Gasteiger partial charge >= 0.3 is 0 Å². The highest BCUT2D eigenvalue weighted by atomic mass is 32.2. The van der Waals surface area contributed by atoms with E-state index in [0.717, 1.165) is 12.2 Å². The monoisotopic (exact) mass is 460 g/mol. The van der Waals surface area contributed by atoms with E-state index in [2.05, 4.69) is 17.4 Å². The normalized spacial score (nSPS) is 15.5. The molecule has 1 fully saturated rings. The largest absolute Gasteiger partial charge is 0.356 e. The summed E-state index contributed by atoms with van der Waals surface area (Å²) in [6.45, 7) is 2.71. The highest BCUT2D eigenvalue weighted by Crippen LogP contribution is 2.24. The number of sulfonamides is 1. The van der Waals surface area contributed by atoms with E-state index in [-0.39, 0.29) is 22.5 Å². The van der Waals surface area contributed by atoms with Crippen molar-refractivity contribution in [1.82, 2.24) is 9.62 Å². The van der Waals surface area contributed by atoms with Crippen LogP contribution in [0.4, 0.5) is 0 Å². The van der Waals surface area contributed by atoms with Crippen molar-refractivity contribution in [3.05, 3.63) is 60.2 Å². The van der Waals surface area contributed by atoms with Gasteiger partial charge in [0.05, 0.1) is 4.90 Å². The van der Waals surface area contributed by atoms with Crippen molar-refractivity contribution in [1.29, 1.82) is 0 Å². The van der Waals surface area contributed by atoms with E-state index in [1.54, 1.807) is 11.8 Å². The summed E-state index contributed by atoms with van der Waals surface area (Å²) in [5, 5.41) is 2.99. The van der Waals surface area contributed by atoms with Crippen molar-refractivity contribution in [2.24, 2.45) is 5.92 Å². The van der Waals surface area contributed by atoms with E-state index in [1.807, 2.05) is 18.2 Å². The van der Waals surface area contributed by atoms with Crippen LogP contribution in [0.25, 0.3) is 0 Å². The Hall–Kier alpha value is -2.16. The first-order chi connectivity index (χ1) is 14.9. The number of nitrogens with one attached hydrogen (secondary N) is 1. The van der Waals surface area contributed by atoms with Crippen LogP contribution in [0.2, 0.25) is 0 Å². The van der Waals surface area contributed by atoms with Gasteiger partial charge in [-0.25, -0.2) is 8.42 Å². The summed E-state index contributed by atoms with van der Waals surface area (Å²) in [4.78, 5) is 25.2. The van der Waals surface area contributed by atoms with E-state index in [1.165, 1.54) is 40.4 Å². The van der Waals surface area contributed by atoms with Crippen LogP contribution in [0.1, 0.15) is 36.5 Å². The van der Waals surface area contributed by atoms with E-state index >= 15 is 0 Å². The Morgan fingerprint density at radius 2 is 1.68 bits per heavy atom. The zero-order chi connectivity index (χ0) is 22.3. The molecule has 0 aromatic heterocycles. The van der Waals surface area contributed by atoms with Crippen LogP contribution in [0.5, 0.6) is 0 Å². The predicted molar refractivity (Wildman–Crippen MR) is 123 cm³/mol. The van der Waals surface area contributed by atoms with E-state index in [9.17, 15) is 18.0 Å². The molecule has 1 saturated heterocycles. The lowest BCUT2D eigenvalue weighted by Crippen LogP contribution is -2.43. The number of ketones is 1. The molecule has 1 aliphatic rings. The lowest BCUT2D eigenvalue weighted by molar-refractivity contribution is -0.126. The second-order valence-electron chi connectivity index (χ2n) is 7.57. The SMILES string of the molecule is CC(=O)c1ccc(S(=O)(=O)N2CCC(C(=O)NCCCSc3ccccc3)CC2)cc1. The van der Waals surface area contributed by atoms with Crippen LogP contribution in [-0.4, -0.2) is 49.8 Å². The number of carbonyl (C=O) groups is 2. The summed E-state index contributed by atoms with van der Waals surface area (Å²) in [7, 11) is -3.62. The molecule has 3 rings (SSSR count). The molecule has 166 valence electrons. The fraction of sp³-hybridized carbons (Fsp3) is 0.391. The van der Waals surface area contributed by atoms with Gasteiger partial charge < -0.3 is 5.32 Å². The van der Waals surface area contributed by atoms with Crippen LogP contribution in [-0.2, 0) is 14.8 Å². The first kappa shape index (κ1) is 23.5. The third-order valence-electron chi connectivity index (χ3n) is 5.36. The predicted octanol–water partition coefficient (Wildman–Crippen LogP) is 3.59. The number of piperidine rings is 1. The molecule has 0 atom stereocenters. The van der Waals surface area contributed by atoms with E-state index < -0.39 is 10.0 Å². The summed E-state index contributed by atoms with van der Waals surface area (Å²) in [6, 6.07) is 16.2. The molecule has 1 amide bonds. The van der Waals surface area contributed by atoms with Crippen LogP contribution in [0.15, 0.2) is 64.4 Å². The summed E-state index contributed by atoms with van der Waals surface area (Å²) >= 11 is 1.77. The molecule has 1 heterocycles. The molecule has 0 aliphatic carbocycles. The lowest BCUT2D eigenvalue weighted by atomic mass is 9.97. The quantitative estimate of drug-likeness (QED) is 0.351. The second kappa shape index (κ2) is 10.9. The van der Waals surface area contributed by atoms with Gasteiger partial charge in [-0.3, -0.25) is 9.59 Å². The van der Waals surface area contributed by atoms with Crippen molar-refractivity contribution in [3.63, 3.8) is 0 Å². The molecule has 0 bridgehead atoms. The zero-order valence-corrected chi connectivity index (χ0v) is 19.3. The van der Waals surface area contributed by atoms with Crippen LogP contribution < -0.4 is 5.32 Å². The minimum atomic E-state index is -3.62. The first-order valence-corrected chi connectivity index (χ1v) is 12.9. The topological polar surface area (TPSA) is 83.6 Å². The molecule has 2 aromatic carbocycles. The number of benzene rings is 2. The first-order valence-electron chi connectivity index (χ1n) is 10.4. The summed E-state index contributed by atoms with van der Waals surface area (Å²) in [6.07, 6.45) is 1.90. The summed E-state index contributed by atoms with van der Waals surface area (Å²) < 4.78 is 27.1. The van der Waals surface area contributed by atoms with E-state index in [4.69, 9.17) is 0 Å². The Morgan fingerprint density at radius 3 is 2.29 bits per heavy atom. The van der Waals surface area contributed by atoms with Gasteiger partial charge in [0.25, 0.3) is 0 Å². The number of hydrogen-bond donors (Lipinski definition) is 1. The average Bonchev–Trinajstić information content (AvgIpc) is 2.79. The fourth-order valence-electron chi connectivity index (χ4n) is 3.50. The maximum atomic E-state index is 12.8. The third kappa shape index (κ3) is 6.41. The van der Waals surface area contributed by atoms with Gasteiger partial charge in [-0.1, -0.05) is 30.3 Å². The second-order valence-corrected chi connectivity index (χ2v) is 10.7. The maximum Gasteiger partial charge on any atom is 0.243 e. The van der Waals surface area contributed by atoms with Crippen molar-refractivity contribution in [3.8, 4) is 0 Å². The molecule has 0 radical (unpaired) electrons. The smallest absolute Gasteiger partial charge is 0.243 e. The van der Waals surface area contributed by atoms with Crippen molar-refractivity contribution in [2.45, 2.75) is 36.0 Å². The van der Waals surface area contributed by atoms with Gasteiger partial charge in [0.15, 0.2) is 5.78 Å². The van der Waals surface area contributed by atoms with Gasteiger partial charge in [0, 0.05) is 36.0 Å². The van der Waals surface area contributed by atoms with Crippen LogP contribution in [0.3, 0.4) is 0 Å². The Morgan fingerprint density at radius 1 is 1.03 bits per heavy atom. The Labute approximate surface area is 188 Å². The number of hydrogen-bond acceptors (Lipinski definition) is 5. The highest BCUT2D eigenvalue weighted by Gasteiger charge is 2.32. The fourth-order valence-corrected chi connectivity index (χ4v) is 5.85.